The van der Waals surface area contributed by atoms with Gasteiger partial charge in [-0.05, 0) is 17.7 Å². The molecule has 3 nitrogen and oxygen atoms in total. The highest BCUT2D eigenvalue weighted by Gasteiger charge is 2.19. The maximum atomic E-state index is 12.0. The van der Waals surface area contributed by atoms with Gasteiger partial charge in [0.15, 0.2) is 0 Å². The molecular formula is C16H13NO2. The summed E-state index contributed by atoms with van der Waals surface area (Å²) in [5.74, 6) is -0.312. The van der Waals surface area contributed by atoms with Gasteiger partial charge in [0.1, 0.15) is 0 Å². The van der Waals surface area contributed by atoms with E-state index in [1.165, 1.54) is 7.11 Å². The molecule has 0 unspecified atom stereocenters. The molecule has 19 heavy (non-hydrogen) atoms. The Bertz CT molecular complexity index is 729. The zero-order chi connectivity index (χ0) is 13.2. The molecule has 3 heteroatoms. The van der Waals surface area contributed by atoms with E-state index in [4.69, 9.17) is 4.74 Å². The van der Waals surface area contributed by atoms with E-state index in [1.807, 2.05) is 65.3 Å². The molecule has 3 aromatic rings. The summed E-state index contributed by atoms with van der Waals surface area (Å²) in [5.41, 5.74) is 3.35. The van der Waals surface area contributed by atoms with E-state index in [0.717, 1.165) is 16.6 Å². The molecule has 0 saturated heterocycles. The lowest BCUT2D eigenvalue weighted by Gasteiger charge is -2.02. The molecule has 94 valence electrons. The summed E-state index contributed by atoms with van der Waals surface area (Å²) in [7, 11) is 1.41. The smallest absolute Gasteiger partial charge is 0.340 e. The third kappa shape index (κ3) is 1.89. The summed E-state index contributed by atoms with van der Waals surface area (Å²) in [6, 6.07) is 15.6. The fourth-order valence-electron chi connectivity index (χ4n) is 2.28. The molecule has 0 bridgehead atoms. The van der Waals surface area contributed by atoms with Crippen LogP contribution in [0.4, 0.5) is 0 Å². The van der Waals surface area contributed by atoms with Crippen molar-refractivity contribution in [3.05, 3.63) is 66.5 Å². The highest BCUT2D eigenvalue weighted by atomic mass is 16.5. The predicted molar refractivity (Wildman–Crippen MR) is 74.2 cm³/mol. The zero-order valence-electron chi connectivity index (χ0n) is 10.5. The van der Waals surface area contributed by atoms with Gasteiger partial charge in [-0.2, -0.15) is 0 Å². The number of carbonyl (C=O) groups excluding carboxylic acids is 1. The second-order valence-electron chi connectivity index (χ2n) is 4.27. The van der Waals surface area contributed by atoms with Crippen molar-refractivity contribution in [2.24, 2.45) is 0 Å². The minimum absolute atomic E-state index is 0.312. The van der Waals surface area contributed by atoms with Crippen LogP contribution in [-0.4, -0.2) is 17.5 Å². The highest BCUT2D eigenvalue weighted by Crippen LogP contribution is 2.29. The van der Waals surface area contributed by atoms with Crippen LogP contribution in [0.3, 0.4) is 0 Å². The van der Waals surface area contributed by atoms with Gasteiger partial charge in [-0.15, -0.1) is 0 Å². The Hall–Kier alpha value is -2.55. The molecule has 1 aromatic carbocycles. The molecule has 3 rings (SSSR count). The average molecular weight is 251 g/mol. The van der Waals surface area contributed by atoms with Crippen LogP contribution in [-0.2, 0) is 4.74 Å². The Morgan fingerprint density at radius 1 is 1.05 bits per heavy atom. The molecule has 0 spiro atoms. The van der Waals surface area contributed by atoms with E-state index in [9.17, 15) is 4.79 Å². The van der Waals surface area contributed by atoms with Gasteiger partial charge in [-0.3, -0.25) is 0 Å². The number of methoxy groups -OCH3 is 1. The largest absolute Gasteiger partial charge is 0.465 e. The Kier molecular flexibility index (Phi) is 2.80. The monoisotopic (exact) mass is 251 g/mol. The van der Waals surface area contributed by atoms with Crippen LogP contribution in [0.5, 0.6) is 0 Å². The average Bonchev–Trinajstić information content (AvgIpc) is 2.87. The molecule has 0 aliphatic rings. The molecular weight excluding hydrogens is 238 g/mol. The molecule has 0 saturated carbocycles. The number of hydrogen-bond acceptors (Lipinski definition) is 2. The Labute approximate surface area is 111 Å². The second kappa shape index (κ2) is 4.61. The SMILES string of the molecule is COC(=O)c1c(-c2ccccc2)cn2ccccc12. The van der Waals surface area contributed by atoms with Crippen LogP contribution in [0, 0.1) is 0 Å². The third-order valence-electron chi connectivity index (χ3n) is 3.16. The van der Waals surface area contributed by atoms with E-state index in [-0.39, 0.29) is 5.97 Å². The maximum absolute atomic E-state index is 12.0. The molecule has 0 radical (unpaired) electrons. The van der Waals surface area contributed by atoms with Crippen LogP contribution in [0.15, 0.2) is 60.9 Å². The van der Waals surface area contributed by atoms with Gasteiger partial charge >= 0.3 is 5.97 Å². The summed E-state index contributed by atoms with van der Waals surface area (Å²) in [4.78, 5) is 12.0. The van der Waals surface area contributed by atoms with Crippen molar-refractivity contribution < 1.29 is 9.53 Å². The molecule has 2 heterocycles. The number of benzene rings is 1. The first kappa shape index (κ1) is 11.5. The zero-order valence-corrected chi connectivity index (χ0v) is 10.5. The quantitative estimate of drug-likeness (QED) is 0.653. The van der Waals surface area contributed by atoms with Crippen LogP contribution in [0.25, 0.3) is 16.6 Å². The number of hydrogen-bond donors (Lipinski definition) is 0. The van der Waals surface area contributed by atoms with E-state index in [1.54, 1.807) is 0 Å². The summed E-state index contributed by atoms with van der Waals surface area (Å²) >= 11 is 0. The Balaban J connectivity index is 2.32. The normalized spacial score (nSPS) is 10.6. The Morgan fingerprint density at radius 2 is 1.79 bits per heavy atom. The molecule has 2 aromatic heterocycles. The van der Waals surface area contributed by atoms with Crippen molar-refractivity contribution in [2.45, 2.75) is 0 Å². The van der Waals surface area contributed by atoms with Crippen molar-refractivity contribution in [2.75, 3.05) is 7.11 Å². The lowest BCUT2D eigenvalue weighted by Crippen LogP contribution is -2.02. The van der Waals surface area contributed by atoms with Crippen LogP contribution in [0.1, 0.15) is 10.4 Å². The number of rotatable bonds is 2. The van der Waals surface area contributed by atoms with Gasteiger partial charge in [-0.1, -0.05) is 36.4 Å². The number of fused-ring (bicyclic) bond motifs is 1. The molecule has 0 fully saturated rings. The first-order chi connectivity index (χ1) is 9.31. The number of aromatic nitrogens is 1. The van der Waals surface area contributed by atoms with Crippen molar-refractivity contribution in [1.82, 2.24) is 4.40 Å². The Morgan fingerprint density at radius 3 is 2.53 bits per heavy atom. The van der Waals surface area contributed by atoms with Crippen LogP contribution >= 0.6 is 0 Å². The molecule has 0 aliphatic heterocycles. The summed E-state index contributed by atoms with van der Waals surface area (Å²) in [5, 5.41) is 0. The van der Waals surface area contributed by atoms with Crippen LogP contribution < -0.4 is 0 Å². The number of ether oxygens (including phenoxy) is 1. The first-order valence-electron chi connectivity index (χ1n) is 6.04. The minimum Gasteiger partial charge on any atom is -0.465 e. The van der Waals surface area contributed by atoms with Crippen molar-refractivity contribution in [3.8, 4) is 11.1 Å². The van der Waals surface area contributed by atoms with Crippen LogP contribution in [0.2, 0.25) is 0 Å². The lowest BCUT2D eigenvalue weighted by atomic mass is 10.0. The number of esters is 1. The summed E-state index contributed by atoms with van der Waals surface area (Å²) < 4.78 is 6.85. The minimum atomic E-state index is -0.312. The highest BCUT2D eigenvalue weighted by molar-refractivity contribution is 6.04. The molecule has 0 N–H and O–H groups in total. The van der Waals surface area contributed by atoms with Gasteiger partial charge in [0, 0.05) is 18.0 Å². The number of nitrogens with zero attached hydrogens (tertiary/aromatic N) is 1. The van der Waals surface area contributed by atoms with E-state index >= 15 is 0 Å². The van der Waals surface area contributed by atoms with E-state index in [2.05, 4.69) is 0 Å². The fourth-order valence-corrected chi connectivity index (χ4v) is 2.28. The summed E-state index contributed by atoms with van der Waals surface area (Å²) in [6.45, 7) is 0. The predicted octanol–water partition coefficient (Wildman–Crippen LogP) is 3.39. The van der Waals surface area contributed by atoms with Gasteiger partial charge in [0.25, 0.3) is 0 Å². The first-order valence-corrected chi connectivity index (χ1v) is 6.04. The number of pyridine rings is 1. The van der Waals surface area contributed by atoms with Crippen molar-refractivity contribution in [1.29, 1.82) is 0 Å². The fraction of sp³-hybridized carbons (Fsp3) is 0.0625. The van der Waals surface area contributed by atoms with E-state index in [0.29, 0.717) is 5.56 Å². The molecule has 0 aliphatic carbocycles. The van der Waals surface area contributed by atoms with Gasteiger partial charge in [0.05, 0.1) is 18.2 Å². The van der Waals surface area contributed by atoms with Crippen molar-refractivity contribution >= 4 is 11.5 Å². The standard InChI is InChI=1S/C16H13NO2/c1-19-16(18)15-13(12-7-3-2-4-8-12)11-17-10-6-5-9-14(15)17/h2-11H,1H3. The second-order valence-corrected chi connectivity index (χ2v) is 4.27. The van der Waals surface area contributed by atoms with Gasteiger partial charge in [-0.25, -0.2) is 4.79 Å². The molecule has 0 amide bonds. The van der Waals surface area contributed by atoms with Gasteiger partial charge in [0.2, 0.25) is 0 Å². The number of carbonyl (C=O) groups is 1. The summed E-state index contributed by atoms with van der Waals surface area (Å²) in [6.07, 6.45) is 3.88. The maximum Gasteiger partial charge on any atom is 0.340 e. The molecule has 0 atom stereocenters. The lowest BCUT2D eigenvalue weighted by molar-refractivity contribution is 0.0604. The third-order valence-corrected chi connectivity index (χ3v) is 3.16. The topological polar surface area (TPSA) is 30.7 Å². The van der Waals surface area contributed by atoms with Gasteiger partial charge < -0.3 is 9.14 Å². The van der Waals surface area contributed by atoms with E-state index < -0.39 is 0 Å². The van der Waals surface area contributed by atoms with Crippen molar-refractivity contribution in [3.63, 3.8) is 0 Å².